The number of carbonyl (C=O) groups excluding carboxylic acids is 1. The zero-order valence-corrected chi connectivity index (χ0v) is 20.3. The number of urea groups is 1. The Morgan fingerprint density at radius 2 is 1.64 bits per heavy atom. The Kier molecular flexibility index (Phi) is 6.46. The van der Waals surface area contributed by atoms with Crippen molar-refractivity contribution in [2.24, 2.45) is 0 Å². The van der Waals surface area contributed by atoms with Gasteiger partial charge < -0.3 is 9.80 Å². The van der Waals surface area contributed by atoms with Crippen molar-refractivity contribution in [3.8, 4) is 17.2 Å². The molecule has 0 saturated carbocycles. The van der Waals surface area contributed by atoms with E-state index in [-0.39, 0.29) is 11.4 Å². The fourth-order valence-corrected chi connectivity index (χ4v) is 5.36. The smallest absolute Gasteiger partial charge is 0.322 e. The molecule has 3 aromatic carbocycles. The fourth-order valence-electron chi connectivity index (χ4n) is 5.36. The maximum atomic E-state index is 13.8. The van der Waals surface area contributed by atoms with Gasteiger partial charge in [-0.15, -0.1) is 0 Å². The molecular weight excluding hydrogens is 458 g/mol. The summed E-state index contributed by atoms with van der Waals surface area (Å²) in [6.07, 6.45) is 1.84. The number of benzene rings is 3. The molecule has 2 saturated heterocycles. The highest BCUT2D eigenvalue weighted by Crippen LogP contribution is 2.38. The molecular formula is C29H28F2N4O. The van der Waals surface area contributed by atoms with Crippen molar-refractivity contribution >= 4 is 11.7 Å². The average molecular weight is 487 g/mol. The van der Waals surface area contributed by atoms with Crippen molar-refractivity contribution in [1.82, 2.24) is 9.80 Å². The normalized spacial score (nSPS) is 17.9. The Morgan fingerprint density at radius 3 is 2.33 bits per heavy atom. The molecule has 0 bridgehead atoms. The summed E-state index contributed by atoms with van der Waals surface area (Å²) in [4.78, 5) is 19.0. The molecule has 2 aliphatic heterocycles. The zero-order chi connectivity index (χ0) is 25.3. The van der Waals surface area contributed by atoms with Crippen molar-refractivity contribution in [2.45, 2.75) is 18.3 Å². The van der Waals surface area contributed by atoms with E-state index in [2.05, 4.69) is 42.3 Å². The molecule has 2 heterocycles. The summed E-state index contributed by atoms with van der Waals surface area (Å²) >= 11 is 0. The van der Waals surface area contributed by atoms with E-state index in [0.717, 1.165) is 49.2 Å². The van der Waals surface area contributed by atoms with E-state index in [9.17, 15) is 18.8 Å². The lowest BCUT2D eigenvalue weighted by Gasteiger charge is -2.43. The highest BCUT2D eigenvalue weighted by atomic mass is 19.2. The molecule has 2 fully saturated rings. The van der Waals surface area contributed by atoms with Gasteiger partial charge >= 0.3 is 6.03 Å². The molecule has 2 amide bonds. The maximum Gasteiger partial charge on any atom is 0.324 e. The Bertz CT molecular complexity index is 1310. The topological polar surface area (TPSA) is 50.6 Å². The van der Waals surface area contributed by atoms with Crippen LogP contribution in [0.4, 0.5) is 19.3 Å². The molecule has 0 atom stereocenters. The minimum Gasteiger partial charge on any atom is -0.322 e. The van der Waals surface area contributed by atoms with Crippen molar-refractivity contribution in [1.29, 1.82) is 5.26 Å². The molecule has 5 nitrogen and oxygen atoms in total. The van der Waals surface area contributed by atoms with Crippen LogP contribution < -0.4 is 4.90 Å². The van der Waals surface area contributed by atoms with E-state index < -0.39 is 11.6 Å². The van der Waals surface area contributed by atoms with Gasteiger partial charge in [0.25, 0.3) is 0 Å². The van der Waals surface area contributed by atoms with Crippen LogP contribution in [0.5, 0.6) is 0 Å². The SMILES string of the molecule is CN1CCC(CN2CCN(c3ccc(F)c(F)c3)C2=O)(c2ccc(-c3cccc(C#N)c3)cc2)CC1. The van der Waals surface area contributed by atoms with Crippen LogP contribution in [0.1, 0.15) is 24.0 Å². The molecule has 184 valence electrons. The van der Waals surface area contributed by atoms with Crippen LogP contribution in [0, 0.1) is 23.0 Å². The van der Waals surface area contributed by atoms with Crippen LogP contribution in [0.15, 0.2) is 66.7 Å². The van der Waals surface area contributed by atoms with Gasteiger partial charge in [-0.1, -0.05) is 36.4 Å². The Labute approximate surface area is 210 Å². The summed E-state index contributed by atoms with van der Waals surface area (Å²) in [5.41, 5.74) is 4.04. The zero-order valence-electron chi connectivity index (χ0n) is 20.3. The number of rotatable bonds is 5. The third-order valence-electron chi connectivity index (χ3n) is 7.57. The summed E-state index contributed by atoms with van der Waals surface area (Å²) in [6, 6.07) is 21.6. The lowest BCUT2D eigenvalue weighted by atomic mass is 9.72. The molecule has 0 N–H and O–H groups in total. The molecule has 0 radical (unpaired) electrons. The van der Waals surface area contributed by atoms with Crippen LogP contribution >= 0.6 is 0 Å². The predicted molar refractivity (Wildman–Crippen MR) is 136 cm³/mol. The highest BCUT2D eigenvalue weighted by Gasteiger charge is 2.41. The Morgan fingerprint density at radius 1 is 0.889 bits per heavy atom. The van der Waals surface area contributed by atoms with Crippen molar-refractivity contribution in [3.63, 3.8) is 0 Å². The van der Waals surface area contributed by atoms with E-state index in [4.69, 9.17) is 0 Å². The minimum absolute atomic E-state index is 0.177. The van der Waals surface area contributed by atoms with Crippen LogP contribution in [0.2, 0.25) is 0 Å². The lowest BCUT2D eigenvalue weighted by Crippen LogP contribution is -2.49. The molecule has 36 heavy (non-hydrogen) atoms. The second-order valence-electron chi connectivity index (χ2n) is 9.81. The van der Waals surface area contributed by atoms with E-state index in [1.165, 1.54) is 16.5 Å². The number of piperidine rings is 1. The van der Waals surface area contributed by atoms with E-state index in [0.29, 0.717) is 30.9 Å². The third-order valence-corrected chi connectivity index (χ3v) is 7.57. The van der Waals surface area contributed by atoms with E-state index in [1.54, 1.807) is 6.07 Å². The molecule has 5 rings (SSSR count). The van der Waals surface area contributed by atoms with Gasteiger partial charge in [0.15, 0.2) is 11.6 Å². The first-order valence-electron chi connectivity index (χ1n) is 12.2. The Balaban J connectivity index is 1.40. The monoisotopic (exact) mass is 486 g/mol. The number of amides is 2. The van der Waals surface area contributed by atoms with Gasteiger partial charge in [-0.3, -0.25) is 4.90 Å². The molecule has 2 aliphatic rings. The van der Waals surface area contributed by atoms with Crippen LogP contribution in [-0.2, 0) is 5.41 Å². The molecule has 0 aliphatic carbocycles. The molecule has 7 heteroatoms. The van der Waals surface area contributed by atoms with Crippen LogP contribution in [0.25, 0.3) is 11.1 Å². The lowest BCUT2D eigenvalue weighted by molar-refractivity contribution is 0.147. The van der Waals surface area contributed by atoms with Gasteiger partial charge in [0.1, 0.15) is 0 Å². The number of nitrogens with zero attached hydrogens (tertiary/aromatic N) is 4. The number of halogens is 2. The number of carbonyl (C=O) groups is 1. The largest absolute Gasteiger partial charge is 0.324 e. The van der Waals surface area contributed by atoms with Gasteiger partial charge in [0.05, 0.1) is 11.6 Å². The predicted octanol–water partition coefficient (Wildman–Crippen LogP) is 5.41. The van der Waals surface area contributed by atoms with Crippen molar-refractivity contribution in [3.05, 3.63) is 89.5 Å². The van der Waals surface area contributed by atoms with Crippen molar-refractivity contribution in [2.75, 3.05) is 44.7 Å². The van der Waals surface area contributed by atoms with Crippen LogP contribution in [-0.4, -0.2) is 55.6 Å². The first kappa shape index (κ1) is 24.0. The standard InChI is InChI=1S/C29H28F2N4O/c1-33-13-11-29(12-14-33,24-7-5-22(6-8-24)23-4-2-3-21(17-23)19-32)20-34-15-16-35(28(34)36)25-9-10-26(30)27(31)18-25/h2-10,17-18H,11-16,20H2,1H3. The molecule has 0 aromatic heterocycles. The third kappa shape index (κ3) is 4.57. The number of hydrogen-bond donors (Lipinski definition) is 0. The van der Waals surface area contributed by atoms with Gasteiger partial charge in [-0.2, -0.15) is 5.26 Å². The average Bonchev–Trinajstić information content (AvgIpc) is 3.26. The van der Waals surface area contributed by atoms with Gasteiger partial charge in [0.2, 0.25) is 0 Å². The Hall–Kier alpha value is -3.76. The van der Waals surface area contributed by atoms with Gasteiger partial charge in [-0.25, -0.2) is 13.6 Å². The summed E-state index contributed by atoms with van der Waals surface area (Å²) in [7, 11) is 2.11. The van der Waals surface area contributed by atoms with Crippen molar-refractivity contribution < 1.29 is 13.6 Å². The van der Waals surface area contributed by atoms with Gasteiger partial charge in [0, 0.05) is 36.8 Å². The first-order chi connectivity index (χ1) is 17.4. The summed E-state index contributed by atoms with van der Waals surface area (Å²) in [6.45, 7) is 3.41. The second-order valence-corrected chi connectivity index (χ2v) is 9.81. The quantitative estimate of drug-likeness (QED) is 0.485. The number of anilines is 1. The molecule has 0 spiro atoms. The minimum atomic E-state index is -0.953. The number of likely N-dealkylation sites (tertiary alicyclic amines) is 1. The number of nitriles is 1. The fraction of sp³-hybridized carbons (Fsp3) is 0.310. The summed E-state index contributed by atoms with van der Waals surface area (Å²) in [5, 5.41) is 9.23. The highest BCUT2D eigenvalue weighted by molar-refractivity contribution is 5.94. The summed E-state index contributed by atoms with van der Waals surface area (Å²) < 4.78 is 27.2. The van der Waals surface area contributed by atoms with E-state index in [1.807, 2.05) is 23.1 Å². The maximum absolute atomic E-state index is 13.8. The first-order valence-corrected chi connectivity index (χ1v) is 12.2. The van der Waals surface area contributed by atoms with E-state index >= 15 is 0 Å². The molecule has 3 aromatic rings. The summed E-state index contributed by atoms with van der Waals surface area (Å²) in [5.74, 6) is -1.87. The molecule has 0 unspecified atom stereocenters. The number of hydrogen-bond acceptors (Lipinski definition) is 3. The van der Waals surface area contributed by atoms with Crippen LogP contribution in [0.3, 0.4) is 0 Å². The second kappa shape index (κ2) is 9.71. The van der Waals surface area contributed by atoms with Gasteiger partial charge in [-0.05, 0) is 73.9 Å².